The summed E-state index contributed by atoms with van der Waals surface area (Å²) in [6.07, 6.45) is 6.04. The molecule has 0 spiro atoms. The van der Waals surface area contributed by atoms with Crippen LogP contribution >= 0.6 is 0 Å². The van der Waals surface area contributed by atoms with Crippen molar-refractivity contribution in [2.45, 2.75) is 45.4 Å². The number of rotatable bonds is 4. The summed E-state index contributed by atoms with van der Waals surface area (Å²) >= 11 is 0. The van der Waals surface area contributed by atoms with Crippen molar-refractivity contribution >= 4 is 23.4 Å². The van der Waals surface area contributed by atoms with Gasteiger partial charge < -0.3 is 15.1 Å². The molecule has 1 N–H and O–H groups in total. The van der Waals surface area contributed by atoms with Crippen molar-refractivity contribution < 1.29 is 14.4 Å². The second-order valence-corrected chi connectivity index (χ2v) is 9.21. The quantitative estimate of drug-likeness (QED) is 0.750. The van der Waals surface area contributed by atoms with Crippen LogP contribution in [-0.4, -0.2) is 53.7 Å². The molecule has 4 rings (SSSR count). The van der Waals surface area contributed by atoms with Gasteiger partial charge in [-0.05, 0) is 56.5 Å². The Bertz CT molecular complexity index is 1010. The zero-order chi connectivity index (χ0) is 23.2. The predicted molar refractivity (Wildman–Crippen MR) is 129 cm³/mol. The number of anilines is 1. The Morgan fingerprint density at radius 2 is 1.36 bits per heavy atom. The molecular formula is C27H33N3O3. The van der Waals surface area contributed by atoms with Crippen LogP contribution in [0.25, 0.3) is 0 Å². The van der Waals surface area contributed by atoms with Crippen molar-refractivity contribution in [1.29, 1.82) is 0 Å². The van der Waals surface area contributed by atoms with Crippen LogP contribution in [0.4, 0.5) is 5.69 Å². The molecule has 2 aromatic rings. The van der Waals surface area contributed by atoms with Gasteiger partial charge >= 0.3 is 0 Å². The van der Waals surface area contributed by atoms with Crippen molar-refractivity contribution in [3.8, 4) is 0 Å². The van der Waals surface area contributed by atoms with E-state index in [1.807, 2.05) is 53.1 Å². The summed E-state index contributed by atoms with van der Waals surface area (Å²) in [5.74, 6) is 0.0778. The summed E-state index contributed by atoms with van der Waals surface area (Å²) in [5.41, 5.74) is 2.98. The Morgan fingerprint density at radius 1 is 0.758 bits per heavy atom. The third-order valence-corrected chi connectivity index (χ3v) is 6.69. The molecule has 3 amide bonds. The first kappa shape index (κ1) is 23.0. The summed E-state index contributed by atoms with van der Waals surface area (Å²) < 4.78 is 0. The highest BCUT2D eigenvalue weighted by Gasteiger charge is 2.25. The SMILES string of the molecule is Cc1cccc(C(=O)N2CCCN(C(=O)c3cccc(NC(=O)C4CCCCC4)c3)CC2)c1. The average Bonchev–Trinajstić information content (AvgIpc) is 3.10. The summed E-state index contributed by atoms with van der Waals surface area (Å²) in [6, 6.07) is 14.8. The van der Waals surface area contributed by atoms with Gasteiger partial charge in [0.1, 0.15) is 0 Å². The second kappa shape index (κ2) is 10.6. The number of nitrogens with zero attached hydrogens (tertiary/aromatic N) is 2. The maximum atomic E-state index is 13.2. The number of hydrogen-bond donors (Lipinski definition) is 1. The first-order valence-electron chi connectivity index (χ1n) is 12.1. The van der Waals surface area contributed by atoms with E-state index in [4.69, 9.17) is 0 Å². The van der Waals surface area contributed by atoms with Gasteiger partial charge in [-0.25, -0.2) is 0 Å². The number of nitrogens with one attached hydrogen (secondary N) is 1. The lowest BCUT2D eigenvalue weighted by Crippen LogP contribution is -2.37. The molecule has 0 radical (unpaired) electrons. The van der Waals surface area contributed by atoms with Crippen LogP contribution in [0.3, 0.4) is 0 Å². The van der Waals surface area contributed by atoms with Gasteiger partial charge in [-0.3, -0.25) is 14.4 Å². The average molecular weight is 448 g/mol. The minimum absolute atomic E-state index is 0.0143. The molecular weight excluding hydrogens is 414 g/mol. The van der Waals surface area contributed by atoms with Crippen LogP contribution in [0, 0.1) is 12.8 Å². The third kappa shape index (κ3) is 5.81. The Balaban J connectivity index is 1.37. The summed E-state index contributed by atoms with van der Waals surface area (Å²) in [4.78, 5) is 42.3. The number of amides is 3. The number of carbonyl (C=O) groups is 3. The first-order chi connectivity index (χ1) is 16.0. The summed E-state index contributed by atoms with van der Waals surface area (Å²) in [7, 11) is 0. The number of benzene rings is 2. The van der Waals surface area contributed by atoms with Gasteiger partial charge in [0.2, 0.25) is 5.91 Å². The van der Waals surface area contributed by atoms with Gasteiger partial charge in [0.05, 0.1) is 0 Å². The van der Waals surface area contributed by atoms with E-state index < -0.39 is 0 Å². The monoisotopic (exact) mass is 447 g/mol. The maximum absolute atomic E-state index is 13.2. The van der Waals surface area contributed by atoms with Crippen LogP contribution in [-0.2, 0) is 4.79 Å². The predicted octanol–water partition coefficient (Wildman–Crippen LogP) is 4.50. The molecule has 2 fully saturated rings. The van der Waals surface area contributed by atoms with E-state index in [0.717, 1.165) is 37.7 Å². The van der Waals surface area contributed by atoms with Gasteiger partial charge in [0.15, 0.2) is 0 Å². The lowest BCUT2D eigenvalue weighted by atomic mass is 9.88. The largest absolute Gasteiger partial charge is 0.337 e. The Morgan fingerprint density at radius 3 is 2.00 bits per heavy atom. The number of carbonyl (C=O) groups excluding carboxylic acids is 3. The fourth-order valence-electron chi connectivity index (χ4n) is 4.81. The molecule has 0 unspecified atom stereocenters. The number of aryl methyl sites for hydroxylation is 1. The minimum Gasteiger partial charge on any atom is -0.337 e. The van der Waals surface area contributed by atoms with Crippen LogP contribution in [0.1, 0.15) is 64.8 Å². The van der Waals surface area contributed by atoms with E-state index in [2.05, 4.69) is 5.32 Å². The normalized spacial score (nSPS) is 17.4. The molecule has 0 aromatic heterocycles. The van der Waals surface area contributed by atoms with E-state index >= 15 is 0 Å². The standard InChI is InChI=1S/C27H33N3O3/c1-20-8-5-11-22(18-20)26(32)29-14-7-15-30(17-16-29)27(33)23-12-6-13-24(19-23)28-25(31)21-9-3-2-4-10-21/h5-6,8,11-13,18-19,21H,2-4,7,9-10,14-17H2,1H3,(H,28,31). The zero-order valence-corrected chi connectivity index (χ0v) is 19.4. The van der Waals surface area contributed by atoms with E-state index in [1.165, 1.54) is 6.42 Å². The molecule has 6 nitrogen and oxygen atoms in total. The van der Waals surface area contributed by atoms with Crippen molar-refractivity contribution in [1.82, 2.24) is 9.80 Å². The molecule has 1 heterocycles. The molecule has 1 aliphatic carbocycles. The lowest BCUT2D eigenvalue weighted by Gasteiger charge is -2.23. The van der Waals surface area contributed by atoms with E-state index in [9.17, 15) is 14.4 Å². The van der Waals surface area contributed by atoms with E-state index in [0.29, 0.717) is 43.0 Å². The Labute approximate surface area is 196 Å². The van der Waals surface area contributed by atoms with Gasteiger partial charge in [-0.2, -0.15) is 0 Å². The van der Waals surface area contributed by atoms with Crippen molar-refractivity contribution in [2.24, 2.45) is 5.92 Å². The number of hydrogen-bond acceptors (Lipinski definition) is 3. The molecule has 0 atom stereocenters. The summed E-state index contributed by atoms with van der Waals surface area (Å²) in [6.45, 7) is 4.22. The van der Waals surface area contributed by atoms with Crippen LogP contribution in [0.5, 0.6) is 0 Å². The Kier molecular flexibility index (Phi) is 7.43. The topological polar surface area (TPSA) is 69.7 Å². The van der Waals surface area contributed by atoms with Crippen LogP contribution in [0.2, 0.25) is 0 Å². The molecule has 174 valence electrons. The van der Waals surface area contributed by atoms with Crippen molar-refractivity contribution in [3.05, 3.63) is 65.2 Å². The van der Waals surface area contributed by atoms with Crippen molar-refractivity contribution in [3.63, 3.8) is 0 Å². The van der Waals surface area contributed by atoms with E-state index in [1.54, 1.807) is 12.1 Å². The molecule has 1 aliphatic heterocycles. The van der Waals surface area contributed by atoms with Crippen LogP contribution < -0.4 is 5.32 Å². The van der Waals surface area contributed by atoms with E-state index in [-0.39, 0.29) is 23.6 Å². The molecule has 6 heteroatoms. The highest BCUT2D eigenvalue weighted by atomic mass is 16.2. The summed E-state index contributed by atoms with van der Waals surface area (Å²) in [5, 5.41) is 3.00. The highest BCUT2D eigenvalue weighted by Crippen LogP contribution is 2.25. The Hall–Kier alpha value is -3.15. The van der Waals surface area contributed by atoms with Gasteiger partial charge in [-0.1, -0.05) is 43.0 Å². The third-order valence-electron chi connectivity index (χ3n) is 6.69. The first-order valence-corrected chi connectivity index (χ1v) is 12.1. The molecule has 2 aromatic carbocycles. The molecule has 0 bridgehead atoms. The second-order valence-electron chi connectivity index (χ2n) is 9.21. The fraction of sp³-hybridized carbons (Fsp3) is 0.444. The fourth-order valence-corrected chi connectivity index (χ4v) is 4.81. The highest BCUT2D eigenvalue weighted by molar-refractivity contribution is 5.98. The lowest BCUT2D eigenvalue weighted by molar-refractivity contribution is -0.120. The molecule has 33 heavy (non-hydrogen) atoms. The van der Waals surface area contributed by atoms with Crippen LogP contribution in [0.15, 0.2) is 48.5 Å². The van der Waals surface area contributed by atoms with Gasteiger partial charge in [0.25, 0.3) is 11.8 Å². The molecule has 1 saturated heterocycles. The molecule has 2 aliphatic rings. The molecule has 1 saturated carbocycles. The van der Waals surface area contributed by atoms with Crippen molar-refractivity contribution in [2.75, 3.05) is 31.5 Å². The smallest absolute Gasteiger partial charge is 0.253 e. The minimum atomic E-state index is -0.0615. The van der Waals surface area contributed by atoms with Gasteiger partial charge in [-0.15, -0.1) is 0 Å². The maximum Gasteiger partial charge on any atom is 0.253 e. The zero-order valence-electron chi connectivity index (χ0n) is 19.4. The van der Waals surface area contributed by atoms with Gasteiger partial charge in [0, 0.05) is 48.9 Å².